The lowest BCUT2D eigenvalue weighted by Crippen LogP contribution is -2.08. The van der Waals surface area contributed by atoms with Gasteiger partial charge in [0.25, 0.3) is 0 Å². The molecule has 16 heavy (non-hydrogen) atoms. The van der Waals surface area contributed by atoms with E-state index in [1.165, 1.54) is 6.42 Å². The van der Waals surface area contributed by atoms with Gasteiger partial charge in [-0.1, -0.05) is 13.3 Å². The Labute approximate surface area is 97.0 Å². The molecule has 0 saturated heterocycles. The molecule has 0 aliphatic carbocycles. The van der Waals surface area contributed by atoms with Crippen LogP contribution in [-0.4, -0.2) is 29.5 Å². The van der Waals surface area contributed by atoms with Gasteiger partial charge in [-0.15, -0.1) is 0 Å². The van der Waals surface area contributed by atoms with Gasteiger partial charge in [0.05, 0.1) is 5.69 Å². The number of ether oxygens (including phenoxy) is 1. The molecule has 0 fully saturated rings. The molecule has 0 spiro atoms. The molecule has 92 valence electrons. The highest BCUT2D eigenvalue weighted by molar-refractivity contribution is 5.59. The number of nitrogens with one attached hydrogen (secondary N) is 1. The summed E-state index contributed by atoms with van der Waals surface area (Å²) in [5.74, 6) is 0.760. The van der Waals surface area contributed by atoms with Crippen LogP contribution in [0.4, 0.5) is 11.5 Å². The third-order valence-electron chi connectivity index (χ3n) is 2.26. The van der Waals surface area contributed by atoms with Crippen LogP contribution >= 0.6 is 0 Å². The fourth-order valence-electron chi connectivity index (χ4n) is 1.37. The van der Waals surface area contributed by atoms with Crippen molar-refractivity contribution in [3.8, 4) is 0 Å². The van der Waals surface area contributed by atoms with Crippen LogP contribution in [0.5, 0.6) is 0 Å². The maximum Gasteiger partial charge on any atom is 0.171 e. The first-order valence-corrected chi connectivity index (χ1v) is 5.84. The average molecular weight is 226 g/mol. The molecule has 0 aliphatic rings. The number of nitrogens with zero attached hydrogens (tertiary/aromatic N) is 2. The third-order valence-corrected chi connectivity index (χ3v) is 2.26. The van der Waals surface area contributed by atoms with Crippen molar-refractivity contribution in [2.24, 2.45) is 7.05 Å². The minimum Gasteiger partial charge on any atom is -0.394 e. The maximum atomic E-state index is 5.74. The summed E-state index contributed by atoms with van der Waals surface area (Å²) in [6.45, 7) is 4.66. The fraction of sp³-hybridized carbons (Fsp3) is 0.727. The summed E-state index contributed by atoms with van der Waals surface area (Å²) < 4.78 is 7.15. The zero-order valence-electron chi connectivity index (χ0n) is 10.2. The van der Waals surface area contributed by atoms with Gasteiger partial charge in [-0.2, -0.15) is 5.10 Å². The summed E-state index contributed by atoms with van der Waals surface area (Å²) in [5.41, 5.74) is 6.43. The first-order chi connectivity index (χ1) is 7.74. The molecule has 1 aromatic rings. The first-order valence-electron chi connectivity index (χ1n) is 5.84. The minimum absolute atomic E-state index is 0.689. The van der Waals surface area contributed by atoms with E-state index in [0.29, 0.717) is 5.69 Å². The second kappa shape index (κ2) is 7.11. The van der Waals surface area contributed by atoms with Crippen molar-refractivity contribution in [3.05, 3.63) is 6.20 Å². The number of rotatable bonds is 8. The lowest BCUT2D eigenvalue weighted by molar-refractivity contribution is 0.131. The summed E-state index contributed by atoms with van der Waals surface area (Å²) in [7, 11) is 1.86. The van der Waals surface area contributed by atoms with Gasteiger partial charge in [0.15, 0.2) is 5.82 Å². The van der Waals surface area contributed by atoms with Crippen molar-refractivity contribution in [2.75, 3.05) is 30.8 Å². The molecule has 1 heterocycles. The predicted molar refractivity (Wildman–Crippen MR) is 66.5 cm³/mol. The van der Waals surface area contributed by atoms with Crippen LogP contribution < -0.4 is 11.1 Å². The molecule has 0 radical (unpaired) electrons. The van der Waals surface area contributed by atoms with Gasteiger partial charge in [-0.05, 0) is 12.8 Å². The van der Waals surface area contributed by atoms with E-state index < -0.39 is 0 Å². The van der Waals surface area contributed by atoms with Gasteiger partial charge >= 0.3 is 0 Å². The van der Waals surface area contributed by atoms with Gasteiger partial charge in [0, 0.05) is 33.0 Å². The van der Waals surface area contributed by atoms with E-state index in [1.807, 2.05) is 7.05 Å². The van der Waals surface area contributed by atoms with Crippen molar-refractivity contribution >= 4 is 11.5 Å². The fourth-order valence-corrected chi connectivity index (χ4v) is 1.37. The van der Waals surface area contributed by atoms with Crippen LogP contribution in [0.3, 0.4) is 0 Å². The van der Waals surface area contributed by atoms with Crippen LogP contribution in [0.25, 0.3) is 0 Å². The molecule has 5 heteroatoms. The number of unbranched alkanes of at least 4 members (excludes halogenated alkanes) is 1. The highest BCUT2D eigenvalue weighted by Gasteiger charge is 2.01. The first kappa shape index (κ1) is 12.8. The van der Waals surface area contributed by atoms with Crippen molar-refractivity contribution in [2.45, 2.75) is 26.2 Å². The van der Waals surface area contributed by atoms with Gasteiger partial charge < -0.3 is 15.8 Å². The zero-order chi connectivity index (χ0) is 11.8. The highest BCUT2D eigenvalue weighted by Crippen LogP contribution is 2.13. The number of anilines is 2. The highest BCUT2D eigenvalue weighted by atomic mass is 16.5. The van der Waals surface area contributed by atoms with E-state index in [2.05, 4.69) is 17.3 Å². The Morgan fingerprint density at radius 3 is 2.81 bits per heavy atom. The monoisotopic (exact) mass is 226 g/mol. The van der Waals surface area contributed by atoms with Gasteiger partial charge in [-0.3, -0.25) is 4.68 Å². The number of hydrogen-bond donors (Lipinski definition) is 2. The molecule has 0 bridgehead atoms. The summed E-state index contributed by atoms with van der Waals surface area (Å²) in [5, 5.41) is 7.38. The molecular formula is C11H22N4O. The molecule has 5 nitrogen and oxygen atoms in total. The summed E-state index contributed by atoms with van der Waals surface area (Å²) >= 11 is 0. The zero-order valence-corrected chi connectivity index (χ0v) is 10.2. The van der Waals surface area contributed by atoms with E-state index in [9.17, 15) is 0 Å². The Bertz CT molecular complexity index is 298. The van der Waals surface area contributed by atoms with Crippen LogP contribution in [0.1, 0.15) is 26.2 Å². The average Bonchev–Trinajstić information content (AvgIpc) is 2.56. The molecule has 0 amide bonds. The maximum absolute atomic E-state index is 5.74. The van der Waals surface area contributed by atoms with Gasteiger partial charge in [0.2, 0.25) is 0 Å². The van der Waals surface area contributed by atoms with E-state index in [0.717, 1.165) is 38.4 Å². The summed E-state index contributed by atoms with van der Waals surface area (Å²) in [6, 6.07) is 0. The Hall–Kier alpha value is -1.23. The Morgan fingerprint density at radius 1 is 1.44 bits per heavy atom. The van der Waals surface area contributed by atoms with Crippen LogP contribution in [-0.2, 0) is 11.8 Å². The predicted octanol–water partition coefficient (Wildman–Crippen LogP) is 1.62. The quantitative estimate of drug-likeness (QED) is 0.661. The van der Waals surface area contributed by atoms with Crippen molar-refractivity contribution in [1.29, 1.82) is 0 Å². The topological polar surface area (TPSA) is 65.1 Å². The summed E-state index contributed by atoms with van der Waals surface area (Å²) in [6.07, 6.45) is 5.09. The molecule has 0 aromatic carbocycles. The normalized spacial score (nSPS) is 10.6. The molecule has 1 aromatic heterocycles. The lowest BCUT2D eigenvalue weighted by Gasteiger charge is -2.05. The Balaban J connectivity index is 2.05. The molecular weight excluding hydrogens is 204 g/mol. The number of aromatic nitrogens is 2. The molecule has 0 aliphatic heterocycles. The Morgan fingerprint density at radius 2 is 2.19 bits per heavy atom. The Kier molecular flexibility index (Phi) is 5.71. The molecule has 0 atom stereocenters. The summed E-state index contributed by atoms with van der Waals surface area (Å²) in [4.78, 5) is 0. The minimum atomic E-state index is 0.689. The van der Waals surface area contributed by atoms with Crippen molar-refractivity contribution in [3.63, 3.8) is 0 Å². The van der Waals surface area contributed by atoms with E-state index in [1.54, 1.807) is 10.9 Å². The largest absolute Gasteiger partial charge is 0.394 e. The smallest absolute Gasteiger partial charge is 0.171 e. The number of nitrogens with two attached hydrogens (primary N) is 1. The SMILES string of the molecule is CCCCOCCCNc1nn(C)cc1N. The molecule has 0 unspecified atom stereocenters. The van der Waals surface area contributed by atoms with Crippen LogP contribution in [0.15, 0.2) is 6.20 Å². The number of hydrogen-bond acceptors (Lipinski definition) is 4. The van der Waals surface area contributed by atoms with Crippen LogP contribution in [0.2, 0.25) is 0 Å². The second-order valence-corrected chi connectivity index (χ2v) is 3.85. The molecule has 3 N–H and O–H groups in total. The van der Waals surface area contributed by atoms with Crippen molar-refractivity contribution in [1.82, 2.24) is 9.78 Å². The number of aryl methyl sites for hydroxylation is 1. The number of nitrogen functional groups attached to an aromatic ring is 1. The van der Waals surface area contributed by atoms with Crippen LogP contribution in [0, 0.1) is 0 Å². The third kappa shape index (κ3) is 4.53. The molecule has 1 rings (SSSR count). The lowest BCUT2D eigenvalue weighted by atomic mass is 10.3. The van der Waals surface area contributed by atoms with Gasteiger partial charge in [0.1, 0.15) is 0 Å². The van der Waals surface area contributed by atoms with Crippen molar-refractivity contribution < 1.29 is 4.74 Å². The van der Waals surface area contributed by atoms with Gasteiger partial charge in [-0.25, -0.2) is 0 Å². The second-order valence-electron chi connectivity index (χ2n) is 3.85. The standard InChI is InChI=1S/C11H22N4O/c1-3-4-7-16-8-5-6-13-11-10(12)9-15(2)14-11/h9H,3-8,12H2,1-2H3,(H,13,14). The van der Waals surface area contributed by atoms with E-state index in [-0.39, 0.29) is 0 Å². The van der Waals surface area contributed by atoms with E-state index in [4.69, 9.17) is 10.5 Å². The van der Waals surface area contributed by atoms with E-state index >= 15 is 0 Å². The molecule has 0 saturated carbocycles.